The lowest BCUT2D eigenvalue weighted by Crippen LogP contribution is -2.43. The van der Waals surface area contributed by atoms with Crippen LogP contribution in [0.3, 0.4) is 0 Å². The smallest absolute Gasteiger partial charge is 0.323 e. The van der Waals surface area contributed by atoms with E-state index in [2.05, 4.69) is 19.2 Å². The van der Waals surface area contributed by atoms with Crippen molar-refractivity contribution in [3.05, 3.63) is 30.2 Å². The van der Waals surface area contributed by atoms with Gasteiger partial charge in [0.25, 0.3) is 0 Å². The summed E-state index contributed by atoms with van der Waals surface area (Å²) in [4.78, 5) is 24.3. The number of ketones is 1. The maximum absolute atomic E-state index is 12.4. The standard InChI is InChI=1S/C20H31NO4/c1-6-15(2)14-18(19(23)25-20(3,4)5)21-12-11-16(22)9-10-17-8-7-13-24-17/h7-10,13,15,18,21H,6,11-12,14H2,1-5H3/b10-9+. The van der Waals surface area contributed by atoms with Crippen molar-refractivity contribution < 1.29 is 18.7 Å². The molecule has 0 saturated heterocycles. The summed E-state index contributed by atoms with van der Waals surface area (Å²) in [6, 6.07) is 3.16. The van der Waals surface area contributed by atoms with Gasteiger partial charge in [-0.2, -0.15) is 0 Å². The highest BCUT2D eigenvalue weighted by atomic mass is 16.6. The van der Waals surface area contributed by atoms with Crippen LogP contribution in [0.4, 0.5) is 0 Å². The van der Waals surface area contributed by atoms with E-state index in [0.29, 0.717) is 31.1 Å². The van der Waals surface area contributed by atoms with Gasteiger partial charge >= 0.3 is 5.97 Å². The molecule has 0 bridgehead atoms. The molecule has 1 heterocycles. The summed E-state index contributed by atoms with van der Waals surface area (Å²) in [5.74, 6) is 0.769. The minimum Gasteiger partial charge on any atom is -0.465 e. The molecule has 0 spiro atoms. The topological polar surface area (TPSA) is 68.5 Å². The van der Waals surface area contributed by atoms with E-state index in [1.807, 2.05) is 20.8 Å². The number of ether oxygens (including phenoxy) is 1. The number of hydrogen-bond donors (Lipinski definition) is 1. The highest BCUT2D eigenvalue weighted by Gasteiger charge is 2.26. The summed E-state index contributed by atoms with van der Waals surface area (Å²) >= 11 is 0. The van der Waals surface area contributed by atoms with Gasteiger partial charge in [-0.25, -0.2) is 0 Å². The monoisotopic (exact) mass is 349 g/mol. The Hall–Kier alpha value is -1.88. The number of carbonyl (C=O) groups is 2. The lowest BCUT2D eigenvalue weighted by molar-refractivity contribution is -0.158. The number of nitrogens with one attached hydrogen (secondary N) is 1. The van der Waals surface area contributed by atoms with Gasteiger partial charge in [0, 0.05) is 13.0 Å². The molecule has 1 aromatic rings. The van der Waals surface area contributed by atoms with Crippen LogP contribution in [-0.2, 0) is 14.3 Å². The van der Waals surface area contributed by atoms with Crippen molar-refractivity contribution in [1.29, 1.82) is 0 Å². The minimum atomic E-state index is -0.520. The van der Waals surface area contributed by atoms with Gasteiger partial charge in [0.1, 0.15) is 17.4 Å². The van der Waals surface area contributed by atoms with E-state index in [1.165, 1.54) is 6.08 Å². The third-order valence-electron chi connectivity index (χ3n) is 3.77. The Balaban J connectivity index is 2.50. The van der Waals surface area contributed by atoms with Gasteiger partial charge in [0.15, 0.2) is 5.78 Å². The third kappa shape index (κ3) is 9.25. The summed E-state index contributed by atoms with van der Waals surface area (Å²) in [5.41, 5.74) is -0.520. The van der Waals surface area contributed by atoms with Crippen LogP contribution in [0.25, 0.3) is 6.08 Å². The predicted octanol–water partition coefficient (Wildman–Crippen LogP) is 3.99. The first-order valence-corrected chi connectivity index (χ1v) is 8.92. The van der Waals surface area contributed by atoms with Gasteiger partial charge in [0.2, 0.25) is 0 Å². The summed E-state index contributed by atoms with van der Waals surface area (Å²) in [6.07, 6.45) is 6.71. The second kappa shape index (κ2) is 10.2. The zero-order valence-corrected chi connectivity index (χ0v) is 16.0. The van der Waals surface area contributed by atoms with Gasteiger partial charge in [-0.15, -0.1) is 0 Å². The molecule has 140 valence electrons. The van der Waals surface area contributed by atoms with Crippen molar-refractivity contribution in [1.82, 2.24) is 5.32 Å². The lowest BCUT2D eigenvalue weighted by Gasteiger charge is -2.26. The fourth-order valence-electron chi connectivity index (χ4n) is 2.22. The Labute approximate surface area is 150 Å². The first-order valence-electron chi connectivity index (χ1n) is 8.92. The lowest BCUT2D eigenvalue weighted by atomic mass is 9.99. The average molecular weight is 349 g/mol. The molecule has 0 amide bonds. The van der Waals surface area contributed by atoms with Gasteiger partial charge in [0.05, 0.1) is 6.26 Å². The molecule has 2 atom stereocenters. The van der Waals surface area contributed by atoms with Crippen molar-refractivity contribution in [2.24, 2.45) is 5.92 Å². The van der Waals surface area contributed by atoms with Crippen LogP contribution in [0.15, 0.2) is 28.9 Å². The molecule has 5 heteroatoms. The maximum Gasteiger partial charge on any atom is 0.323 e. The SMILES string of the molecule is CCC(C)CC(NCCC(=O)/C=C/c1ccco1)C(=O)OC(C)(C)C. The zero-order valence-electron chi connectivity index (χ0n) is 16.0. The second-order valence-corrected chi connectivity index (χ2v) is 7.35. The van der Waals surface area contributed by atoms with E-state index in [4.69, 9.17) is 9.15 Å². The van der Waals surface area contributed by atoms with Crippen molar-refractivity contribution in [2.45, 2.75) is 65.5 Å². The van der Waals surface area contributed by atoms with Crippen LogP contribution in [-0.4, -0.2) is 29.9 Å². The van der Waals surface area contributed by atoms with E-state index in [9.17, 15) is 9.59 Å². The first kappa shape index (κ1) is 21.2. The maximum atomic E-state index is 12.4. The number of carbonyl (C=O) groups excluding carboxylic acids is 2. The molecular formula is C20H31NO4. The summed E-state index contributed by atoms with van der Waals surface area (Å²) < 4.78 is 10.6. The Morgan fingerprint density at radius 3 is 2.64 bits per heavy atom. The van der Waals surface area contributed by atoms with Gasteiger partial charge in [-0.05, 0) is 57.4 Å². The average Bonchev–Trinajstić information content (AvgIpc) is 3.03. The molecule has 0 aliphatic carbocycles. The van der Waals surface area contributed by atoms with Crippen LogP contribution < -0.4 is 5.32 Å². The van der Waals surface area contributed by atoms with Gasteiger partial charge in [-0.1, -0.05) is 20.3 Å². The van der Waals surface area contributed by atoms with Crippen LogP contribution in [0.5, 0.6) is 0 Å². The molecule has 1 aromatic heterocycles. The summed E-state index contributed by atoms with van der Waals surface area (Å²) in [7, 11) is 0. The van der Waals surface area contributed by atoms with E-state index in [-0.39, 0.29) is 11.8 Å². The molecule has 1 N–H and O–H groups in total. The molecule has 0 radical (unpaired) electrons. The summed E-state index contributed by atoms with van der Waals surface area (Å²) in [6.45, 7) is 10.2. The van der Waals surface area contributed by atoms with Crippen LogP contribution in [0.2, 0.25) is 0 Å². The van der Waals surface area contributed by atoms with Crippen molar-refractivity contribution in [2.75, 3.05) is 6.54 Å². The Morgan fingerprint density at radius 1 is 1.36 bits per heavy atom. The number of rotatable bonds is 10. The van der Waals surface area contributed by atoms with Gasteiger partial charge < -0.3 is 14.5 Å². The van der Waals surface area contributed by atoms with E-state index < -0.39 is 11.6 Å². The molecule has 25 heavy (non-hydrogen) atoms. The van der Waals surface area contributed by atoms with Crippen molar-refractivity contribution in [3.8, 4) is 0 Å². The fraction of sp³-hybridized carbons (Fsp3) is 0.600. The Morgan fingerprint density at radius 2 is 2.08 bits per heavy atom. The van der Waals surface area contributed by atoms with Crippen LogP contribution in [0, 0.1) is 5.92 Å². The second-order valence-electron chi connectivity index (χ2n) is 7.35. The molecular weight excluding hydrogens is 318 g/mol. The number of furan rings is 1. The van der Waals surface area contributed by atoms with Gasteiger partial charge in [-0.3, -0.25) is 9.59 Å². The van der Waals surface area contributed by atoms with Crippen LogP contribution in [0.1, 0.15) is 59.6 Å². The van der Waals surface area contributed by atoms with E-state index >= 15 is 0 Å². The fourth-order valence-corrected chi connectivity index (χ4v) is 2.22. The molecule has 2 unspecified atom stereocenters. The number of allylic oxidation sites excluding steroid dienone is 1. The Kier molecular flexibility index (Phi) is 8.62. The molecule has 0 saturated carbocycles. The molecule has 1 rings (SSSR count). The first-order chi connectivity index (χ1) is 11.7. The normalized spacial score (nSPS) is 14.4. The van der Waals surface area contributed by atoms with Crippen molar-refractivity contribution in [3.63, 3.8) is 0 Å². The quantitative estimate of drug-likeness (QED) is 0.511. The molecule has 0 aliphatic heterocycles. The molecule has 0 aromatic carbocycles. The largest absolute Gasteiger partial charge is 0.465 e. The highest BCUT2D eigenvalue weighted by Crippen LogP contribution is 2.15. The van der Waals surface area contributed by atoms with Crippen LogP contribution >= 0.6 is 0 Å². The zero-order chi connectivity index (χ0) is 18.9. The molecule has 0 fully saturated rings. The minimum absolute atomic E-state index is 0.0182. The van der Waals surface area contributed by atoms with E-state index in [1.54, 1.807) is 24.5 Å². The van der Waals surface area contributed by atoms with Crippen molar-refractivity contribution >= 4 is 17.8 Å². The Bertz CT molecular complexity index is 555. The number of hydrogen-bond acceptors (Lipinski definition) is 5. The molecule has 5 nitrogen and oxygen atoms in total. The third-order valence-corrected chi connectivity index (χ3v) is 3.77. The molecule has 0 aliphatic rings. The summed E-state index contributed by atoms with van der Waals surface area (Å²) in [5, 5.41) is 3.18. The van der Waals surface area contributed by atoms with E-state index in [0.717, 1.165) is 6.42 Å². The number of esters is 1. The highest BCUT2D eigenvalue weighted by molar-refractivity contribution is 5.93. The predicted molar refractivity (Wildman–Crippen MR) is 99.1 cm³/mol.